The van der Waals surface area contributed by atoms with Gasteiger partial charge in [0.25, 0.3) is 0 Å². The molecule has 0 saturated carbocycles. The zero-order chi connectivity index (χ0) is 18.9. The maximum atomic E-state index is 12.7. The average molecular weight is 354 g/mol. The third-order valence-electron chi connectivity index (χ3n) is 3.82. The van der Waals surface area contributed by atoms with E-state index in [0.29, 0.717) is 11.1 Å². The summed E-state index contributed by atoms with van der Waals surface area (Å²) >= 11 is 0. The highest BCUT2D eigenvalue weighted by Gasteiger charge is 2.29. The van der Waals surface area contributed by atoms with Crippen LogP contribution in [0.1, 0.15) is 54.3 Å². The molecule has 1 atom stereocenters. The minimum absolute atomic E-state index is 0.414. The standard InChI is InChI=1S/C21H22O5/c1-3-4-10-16-11-8-9-14-18(16)20(23)26-19(21(24)25-15(2)22)17-12-6-5-7-13-17/h5-9,11-14,19H,3-4,10H2,1-2H3. The lowest BCUT2D eigenvalue weighted by atomic mass is 10.0. The van der Waals surface area contributed by atoms with Gasteiger partial charge in [-0.05, 0) is 24.5 Å². The normalized spacial score (nSPS) is 11.5. The average Bonchev–Trinajstić information content (AvgIpc) is 2.64. The molecule has 0 bridgehead atoms. The molecule has 0 heterocycles. The second-order valence-electron chi connectivity index (χ2n) is 5.87. The van der Waals surface area contributed by atoms with Gasteiger partial charge in [0.2, 0.25) is 6.10 Å². The largest absolute Gasteiger partial charge is 0.442 e. The van der Waals surface area contributed by atoms with E-state index < -0.39 is 24.0 Å². The van der Waals surface area contributed by atoms with Gasteiger partial charge in [0.05, 0.1) is 5.56 Å². The van der Waals surface area contributed by atoms with Gasteiger partial charge >= 0.3 is 17.9 Å². The Kier molecular flexibility index (Phi) is 7.09. The molecule has 2 aromatic rings. The Morgan fingerprint density at radius 2 is 1.62 bits per heavy atom. The van der Waals surface area contributed by atoms with Crippen LogP contribution >= 0.6 is 0 Å². The van der Waals surface area contributed by atoms with Crippen LogP contribution in [0.2, 0.25) is 0 Å². The summed E-state index contributed by atoms with van der Waals surface area (Å²) in [5.41, 5.74) is 1.72. The van der Waals surface area contributed by atoms with E-state index in [1.54, 1.807) is 42.5 Å². The number of rotatable bonds is 7. The summed E-state index contributed by atoms with van der Waals surface area (Å²) in [5, 5.41) is 0. The van der Waals surface area contributed by atoms with E-state index in [4.69, 9.17) is 4.74 Å². The van der Waals surface area contributed by atoms with Crippen molar-refractivity contribution in [3.63, 3.8) is 0 Å². The number of aryl methyl sites for hydroxylation is 1. The van der Waals surface area contributed by atoms with Crippen molar-refractivity contribution in [1.29, 1.82) is 0 Å². The fraction of sp³-hybridized carbons (Fsp3) is 0.286. The minimum Gasteiger partial charge on any atom is -0.442 e. The molecule has 5 nitrogen and oxygen atoms in total. The van der Waals surface area contributed by atoms with Crippen molar-refractivity contribution in [2.75, 3.05) is 0 Å². The van der Waals surface area contributed by atoms with Gasteiger partial charge in [-0.2, -0.15) is 0 Å². The molecule has 0 aliphatic rings. The van der Waals surface area contributed by atoms with Crippen molar-refractivity contribution in [2.45, 2.75) is 39.2 Å². The summed E-state index contributed by atoms with van der Waals surface area (Å²) < 4.78 is 10.1. The highest BCUT2D eigenvalue weighted by atomic mass is 16.6. The van der Waals surface area contributed by atoms with E-state index in [9.17, 15) is 14.4 Å². The van der Waals surface area contributed by atoms with Crippen LogP contribution in [0, 0.1) is 0 Å². The van der Waals surface area contributed by atoms with Crippen LogP contribution in [-0.4, -0.2) is 17.9 Å². The monoisotopic (exact) mass is 354 g/mol. The van der Waals surface area contributed by atoms with E-state index in [0.717, 1.165) is 31.7 Å². The van der Waals surface area contributed by atoms with Gasteiger partial charge in [-0.1, -0.05) is 61.9 Å². The molecule has 5 heteroatoms. The van der Waals surface area contributed by atoms with Crippen LogP contribution in [0.5, 0.6) is 0 Å². The maximum absolute atomic E-state index is 12.7. The zero-order valence-electron chi connectivity index (χ0n) is 14.9. The van der Waals surface area contributed by atoms with Crippen LogP contribution in [0.25, 0.3) is 0 Å². The molecule has 0 N–H and O–H groups in total. The van der Waals surface area contributed by atoms with Crippen molar-refractivity contribution >= 4 is 17.9 Å². The lowest BCUT2D eigenvalue weighted by Crippen LogP contribution is -2.24. The summed E-state index contributed by atoms with van der Waals surface area (Å²) in [6, 6.07) is 15.6. The second kappa shape index (κ2) is 9.51. The molecule has 0 saturated heterocycles. The van der Waals surface area contributed by atoms with Crippen LogP contribution in [-0.2, 0) is 25.5 Å². The molecule has 2 aromatic carbocycles. The molecule has 2 rings (SSSR count). The van der Waals surface area contributed by atoms with Gasteiger partial charge < -0.3 is 9.47 Å². The molecule has 0 aliphatic carbocycles. The molecular formula is C21H22O5. The highest BCUT2D eigenvalue weighted by Crippen LogP contribution is 2.23. The Balaban J connectivity index is 2.27. The molecule has 0 aromatic heterocycles. The van der Waals surface area contributed by atoms with E-state index in [2.05, 4.69) is 11.7 Å². The summed E-state index contributed by atoms with van der Waals surface area (Å²) in [6.45, 7) is 3.20. The third kappa shape index (κ3) is 5.28. The van der Waals surface area contributed by atoms with E-state index in [1.165, 1.54) is 0 Å². The van der Waals surface area contributed by atoms with Gasteiger partial charge in [-0.3, -0.25) is 4.79 Å². The molecule has 0 aliphatic heterocycles. The first kappa shape index (κ1) is 19.4. The first-order chi connectivity index (χ1) is 12.5. The molecule has 1 unspecified atom stereocenters. The maximum Gasteiger partial charge on any atom is 0.359 e. The highest BCUT2D eigenvalue weighted by molar-refractivity contribution is 5.94. The number of carbonyl (C=O) groups excluding carboxylic acids is 3. The van der Waals surface area contributed by atoms with Gasteiger partial charge in [-0.25, -0.2) is 9.59 Å². The number of hydrogen-bond donors (Lipinski definition) is 0. The SMILES string of the molecule is CCCCc1ccccc1C(=O)OC(C(=O)OC(C)=O)c1ccccc1. The Hall–Kier alpha value is -2.95. The lowest BCUT2D eigenvalue weighted by molar-refractivity contribution is -0.165. The molecule has 136 valence electrons. The topological polar surface area (TPSA) is 69.7 Å². The molecule has 0 fully saturated rings. The van der Waals surface area contributed by atoms with E-state index >= 15 is 0 Å². The smallest absolute Gasteiger partial charge is 0.359 e. The van der Waals surface area contributed by atoms with Gasteiger partial charge in [0.1, 0.15) is 0 Å². The Bertz CT molecular complexity index is 767. The first-order valence-corrected chi connectivity index (χ1v) is 8.59. The Labute approximate surface area is 152 Å². The number of hydrogen-bond acceptors (Lipinski definition) is 5. The van der Waals surface area contributed by atoms with Crippen molar-refractivity contribution < 1.29 is 23.9 Å². The fourth-order valence-electron chi connectivity index (χ4n) is 2.55. The molecular weight excluding hydrogens is 332 g/mol. The van der Waals surface area contributed by atoms with Gasteiger partial charge in [0, 0.05) is 12.5 Å². The molecule has 0 radical (unpaired) electrons. The number of ether oxygens (including phenoxy) is 2. The number of benzene rings is 2. The number of unbranched alkanes of at least 4 members (excludes halogenated alkanes) is 1. The van der Waals surface area contributed by atoms with E-state index in [-0.39, 0.29) is 0 Å². The fourth-order valence-corrected chi connectivity index (χ4v) is 2.55. The van der Waals surface area contributed by atoms with Crippen molar-refractivity contribution in [3.8, 4) is 0 Å². The summed E-state index contributed by atoms with van der Waals surface area (Å²) in [4.78, 5) is 36.1. The predicted octanol–water partition coefficient (Wildman–Crippen LogP) is 4.02. The lowest BCUT2D eigenvalue weighted by Gasteiger charge is -2.17. The van der Waals surface area contributed by atoms with Crippen molar-refractivity contribution in [2.24, 2.45) is 0 Å². The van der Waals surface area contributed by atoms with E-state index in [1.807, 2.05) is 12.1 Å². The summed E-state index contributed by atoms with van der Waals surface area (Å²) in [5.74, 6) is -2.29. The van der Waals surface area contributed by atoms with Crippen molar-refractivity contribution in [3.05, 3.63) is 71.3 Å². The first-order valence-electron chi connectivity index (χ1n) is 8.59. The molecule has 0 spiro atoms. The molecule has 26 heavy (non-hydrogen) atoms. The Morgan fingerprint density at radius 1 is 0.962 bits per heavy atom. The zero-order valence-corrected chi connectivity index (χ0v) is 14.9. The van der Waals surface area contributed by atoms with Crippen LogP contribution in [0.3, 0.4) is 0 Å². The summed E-state index contributed by atoms with van der Waals surface area (Å²) in [6.07, 6.45) is 1.39. The van der Waals surface area contributed by atoms with Crippen molar-refractivity contribution in [1.82, 2.24) is 0 Å². The number of carbonyl (C=O) groups is 3. The van der Waals surface area contributed by atoms with Crippen LogP contribution in [0.4, 0.5) is 0 Å². The number of esters is 3. The second-order valence-corrected chi connectivity index (χ2v) is 5.87. The van der Waals surface area contributed by atoms with Crippen LogP contribution in [0.15, 0.2) is 54.6 Å². The van der Waals surface area contributed by atoms with Gasteiger partial charge in [-0.15, -0.1) is 0 Å². The predicted molar refractivity (Wildman–Crippen MR) is 96.4 cm³/mol. The Morgan fingerprint density at radius 3 is 2.27 bits per heavy atom. The van der Waals surface area contributed by atoms with Gasteiger partial charge in [0.15, 0.2) is 0 Å². The quantitative estimate of drug-likeness (QED) is 0.555. The molecule has 0 amide bonds. The third-order valence-corrected chi connectivity index (χ3v) is 3.82. The minimum atomic E-state index is -1.30. The summed E-state index contributed by atoms with van der Waals surface area (Å²) in [7, 11) is 0. The van der Waals surface area contributed by atoms with Crippen LogP contribution < -0.4 is 0 Å².